The largest absolute Gasteiger partial charge is 0.481 e. The van der Waals surface area contributed by atoms with Gasteiger partial charge in [0, 0.05) is 37.4 Å². The Morgan fingerprint density at radius 2 is 1.52 bits per heavy atom. The van der Waals surface area contributed by atoms with Gasteiger partial charge in [0.2, 0.25) is 11.8 Å². The van der Waals surface area contributed by atoms with Crippen molar-refractivity contribution in [2.75, 3.05) is 26.2 Å². The highest BCUT2D eigenvalue weighted by molar-refractivity contribution is 5.80. The standard InChI is InChI=1S/C20H33N3O4/c24-18(25)13-14-7-11-23(12-8-14)20(27)16-1-3-17(4-2-16)22-19(26)15-5-9-21-10-6-15/h14-17,21H,1-13H2,(H,22,26)(H,24,25). The van der Waals surface area contributed by atoms with Crippen LogP contribution in [0.5, 0.6) is 0 Å². The second-order valence-corrected chi connectivity index (χ2v) is 8.45. The zero-order valence-electron chi connectivity index (χ0n) is 16.1. The number of aliphatic carboxylic acids is 1. The summed E-state index contributed by atoms with van der Waals surface area (Å²) in [5.41, 5.74) is 0. The number of carbonyl (C=O) groups excluding carboxylic acids is 2. The summed E-state index contributed by atoms with van der Waals surface area (Å²) in [6.07, 6.45) is 7.06. The highest BCUT2D eigenvalue weighted by Gasteiger charge is 2.33. The molecule has 3 N–H and O–H groups in total. The topological polar surface area (TPSA) is 98.7 Å². The van der Waals surface area contributed by atoms with Crippen LogP contribution >= 0.6 is 0 Å². The Hall–Kier alpha value is -1.63. The van der Waals surface area contributed by atoms with E-state index in [9.17, 15) is 14.4 Å². The molecule has 0 aromatic rings. The van der Waals surface area contributed by atoms with Crippen LogP contribution in [-0.2, 0) is 14.4 Å². The third-order valence-electron chi connectivity index (χ3n) is 6.52. The monoisotopic (exact) mass is 379 g/mol. The van der Waals surface area contributed by atoms with Crippen LogP contribution in [0.4, 0.5) is 0 Å². The van der Waals surface area contributed by atoms with E-state index in [1.54, 1.807) is 0 Å². The minimum atomic E-state index is -0.746. The lowest BCUT2D eigenvalue weighted by Crippen LogP contribution is -2.46. The number of nitrogens with zero attached hydrogens (tertiary/aromatic N) is 1. The molecule has 2 heterocycles. The van der Waals surface area contributed by atoms with Crippen molar-refractivity contribution in [1.82, 2.24) is 15.5 Å². The van der Waals surface area contributed by atoms with Gasteiger partial charge in [-0.1, -0.05) is 0 Å². The van der Waals surface area contributed by atoms with Crippen molar-refractivity contribution in [2.45, 2.75) is 63.8 Å². The molecule has 0 aromatic carbocycles. The van der Waals surface area contributed by atoms with E-state index in [0.717, 1.165) is 64.5 Å². The number of hydrogen-bond acceptors (Lipinski definition) is 4. The molecule has 1 aliphatic carbocycles. The van der Waals surface area contributed by atoms with Gasteiger partial charge in [-0.25, -0.2) is 0 Å². The molecule has 0 radical (unpaired) electrons. The van der Waals surface area contributed by atoms with E-state index in [-0.39, 0.29) is 42.0 Å². The molecule has 27 heavy (non-hydrogen) atoms. The van der Waals surface area contributed by atoms with E-state index >= 15 is 0 Å². The molecule has 3 fully saturated rings. The summed E-state index contributed by atoms with van der Waals surface area (Å²) >= 11 is 0. The molecule has 3 rings (SSSR count). The Morgan fingerprint density at radius 1 is 0.889 bits per heavy atom. The van der Waals surface area contributed by atoms with Crippen LogP contribution in [0.25, 0.3) is 0 Å². The molecule has 0 bridgehead atoms. The second-order valence-electron chi connectivity index (χ2n) is 8.45. The third kappa shape index (κ3) is 5.67. The summed E-state index contributed by atoms with van der Waals surface area (Å²) in [5.74, 6) is 0.0709. The SMILES string of the molecule is O=C(O)CC1CCN(C(=O)C2CCC(NC(=O)C3CCNCC3)CC2)CC1. The minimum absolute atomic E-state index is 0.0630. The maximum Gasteiger partial charge on any atom is 0.303 e. The molecule has 0 spiro atoms. The van der Waals surface area contributed by atoms with Gasteiger partial charge in [-0.2, -0.15) is 0 Å². The van der Waals surface area contributed by atoms with Crippen LogP contribution in [0.3, 0.4) is 0 Å². The first-order valence-corrected chi connectivity index (χ1v) is 10.5. The average Bonchev–Trinajstić information content (AvgIpc) is 2.69. The van der Waals surface area contributed by atoms with E-state index in [4.69, 9.17) is 5.11 Å². The van der Waals surface area contributed by atoms with Crippen LogP contribution in [0.1, 0.15) is 57.8 Å². The van der Waals surface area contributed by atoms with E-state index in [1.807, 2.05) is 4.90 Å². The zero-order chi connectivity index (χ0) is 19.2. The summed E-state index contributed by atoms with van der Waals surface area (Å²) in [7, 11) is 0. The van der Waals surface area contributed by atoms with Gasteiger partial charge in [0.1, 0.15) is 0 Å². The molecule has 0 unspecified atom stereocenters. The number of nitrogens with one attached hydrogen (secondary N) is 2. The summed E-state index contributed by atoms with van der Waals surface area (Å²) in [6, 6.07) is 0.206. The Bertz CT molecular complexity index is 531. The van der Waals surface area contributed by atoms with Crippen molar-refractivity contribution >= 4 is 17.8 Å². The summed E-state index contributed by atoms with van der Waals surface area (Å²) < 4.78 is 0. The number of amides is 2. The van der Waals surface area contributed by atoms with E-state index in [2.05, 4.69) is 10.6 Å². The molecule has 2 amide bonds. The van der Waals surface area contributed by atoms with Crippen molar-refractivity contribution in [1.29, 1.82) is 0 Å². The Labute approximate surface area is 161 Å². The molecule has 2 saturated heterocycles. The number of piperidine rings is 2. The zero-order valence-corrected chi connectivity index (χ0v) is 16.1. The van der Waals surface area contributed by atoms with Crippen molar-refractivity contribution in [3.63, 3.8) is 0 Å². The third-order valence-corrected chi connectivity index (χ3v) is 6.52. The Kier molecular flexibility index (Phi) is 7.10. The van der Waals surface area contributed by atoms with Crippen LogP contribution < -0.4 is 10.6 Å². The van der Waals surface area contributed by atoms with Crippen molar-refractivity contribution in [3.8, 4) is 0 Å². The number of carboxylic acid groups (broad SMARTS) is 1. The van der Waals surface area contributed by atoms with Crippen LogP contribution in [0.15, 0.2) is 0 Å². The quantitative estimate of drug-likeness (QED) is 0.670. The fourth-order valence-electron chi connectivity index (χ4n) is 4.75. The van der Waals surface area contributed by atoms with Crippen LogP contribution in [-0.4, -0.2) is 60.0 Å². The molecule has 0 atom stereocenters. The van der Waals surface area contributed by atoms with E-state index < -0.39 is 5.97 Å². The Morgan fingerprint density at radius 3 is 2.11 bits per heavy atom. The molecule has 2 aliphatic heterocycles. The fraction of sp³-hybridized carbons (Fsp3) is 0.850. The normalized spacial score (nSPS) is 27.9. The second kappa shape index (κ2) is 9.53. The average molecular weight is 380 g/mol. The summed E-state index contributed by atoms with van der Waals surface area (Å²) in [6.45, 7) is 3.21. The van der Waals surface area contributed by atoms with Gasteiger partial charge in [0.15, 0.2) is 0 Å². The molecule has 0 aromatic heterocycles. The maximum atomic E-state index is 12.8. The minimum Gasteiger partial charge on any atom is -0.481 e. The van der Waals surface area contributed by atoms with E-state index in [1.165, 1.54) is 0 Å². The molecule has 7 heteroatoms. The summed E-state index contributed by atoms with van der Waals surface area (Å²) in [5, 5.41) is 15.4. The molecular formula is C20H33N3O4. The lowest BCUT2D eigenvalue weighted by molar-refractivity contribution is -0.139. The van der Waals surface area contributed by atoms with Gasteiger partial charge in [-0.15, -0.1) is 0 Å². The van der Waals surface area contributed by atoms with Gasteiger partial charge < -0.3 is 20.6 Å². The predicted molar refractivity (Wildman–Crippen MR) is 101 cm³/mol. The molecule has 1 saturated carbocycles. The smallest absolute Gasteiger partial charge is 0.303 e. The van der Waals surface area contributed by atoms with Gasteiger partial charge in [-0.05, 0) is 70.4 Å². The first-order chi connectivity index (χ1) is 13.0. The first kappa shape index (κ1) is 20.1. The van der Waals surface area contributed by atoms with E-state index in [0.29, 0.717) is 13.1 Å². The number of carboxylic acids is 1. The van der Waals surface area contributed by atoms with Crippen molar-refractivity contribution in [3.05, 3.63) is 0 Å². The maximum absolute atomic E-state index is 12.8. The highest BCUT2D eigenvalue weighted by Crippen LogP contribution is 2.29. The number of likely N-dealkylation sites (tertiary alicyclic amines) is 1. The lowest BCUT2D eigenvalue weighted by Gasteiger charge is -2.36. The predicted octanol–water partition coefficient (Wildman–Crippen LogP) is 1.37. The van der Waals surface area contributed by atoms with Crippen molar-refractivity contribution < 1.29 is 19.5 Å². The molecule has 3 aliphatic rings. The summed E-state index contributed by atoms with van der Waals surface area (Å²) in [4.78, 5) is 37.9. The van der Waals surface area contributed by atoms with Gasteiger partial charge >= 0.3 is 5.97 Å². The number of hydrogen-bond donors (Lipinski definition) is 3. The molecule has 7 nitrogen and oxygen atoms in total. The fourth-order valence-corrected chi connectivity index (χ4v) is 4.75. The lowest BCUT2D eigenvalue weighted by atomic mass is 9.84. The number of carbonyl (C=O) groups is 3. The van der Waals surface area contributed by atoms with Gasteiger partial charge in [0.05, 0.1) is 0 Å². The van der Waals surface area contributed by atoms with Gasteiger partial charge in [0.25, 0.3) is 0 Å². The Balaban J connectivity index is 1.38. The number of rotatable bonds is 5. The first-order valence-electron chi connectivity index (χ1n) is 10.5. The van der Waals surface area contributed by atoms with Gasteiger partial charge in [-0.3, -0.25) is 14.4 Å². The molecular weight excluding hydrogens is 346 g/mol. The highest BCUT2D eigenvalue weighted by atomic mass is 16.4. The van der Waals surface area contributed by atoms with Crippen LogP contribution in [0.2, 0.25) is 0 Å². The molecule has 152 valence electrons. The van der Waals surface area contributed by atoms with Crippen LogP contribution in [0, 0.1) is 17.8 Å². The van der Waals surface area contributed by atoms with Crippen molar-refractivity contribution in [2.24, 2.45) is 17.8 Å².